The van der Waals surface area contributed by atoms with Gasteiger partial charge in [0.15, 0.2) is 0 Å². The Labute approximate surface area is 126 Å². The van der Waals surface area contributed by atoms with Gasteiger partial charge in [-0.3, -0.25) is 0 Å². The maximum absolute atomic E-state index is 12.8. The summed E-state index contributed by atoms with van der Waals surface area (Å²) in [4.78, 5) is 0. The van der Waals surface area contributed by atoms with Gasteiger partial charge in [0, 0.05) is 5.56 Å². The molecule has 0 saturated heterocycles. The van der Waals surface area contributed by atoms with Crippen molar-refractivity contribution < 1.29 is 22.0 Å². The quantitative estimate of drug-likeness (QED) is 0.551. The molecular weight excluding hydrogens is 338 g/mol. The lowest BCUT2D eigenvalue weighted by molar-refractivity contribution is -0.137. The second-order valence-electron chi connectivity index (χ2n) is 4.05. The fourth-order valence-electron chi connectivity index (χ4n) is 1.71. The smallest absolute Gasteiger partial charge is 0.221 e. The van der Waals surface area contributed by atoms with E-state index in [1.165, 1.54) is 0 Å². The summed E-state index contributed by atoms with van der Waals surface area (Å²) < 4.78 is 63.9. The highest BCUT2D eigenvalue weighted by molar-refractivity contribution is 6.31. The summed E-state index contributed by atoms with van der Waals surface area (Å²) in [6.45, 7) is 0. The summed E-state index contributed by atoms with van der Waals surface area (Å²) in [5.41, 5.74) is -1.37. The molecule has 9 heteroatoms. The molecular formula is C12H7Cl2F5N2. The fourth-order valence-corrected chi connectivity index (χ4v) is 2.34. The minimum Gasteiger partial charge on any atom is -0.221 e. The van der Waals surface area contributed by atoms with Crippen LogP contribution in [0.25, 0.3) is 5.69 Å². The van der Waals surface area contributed by atoms with Crippen molar-refractivity contribution in [1.29, 1.82) is 0 Å². The summed E-state index contributed by atoms with van der Waals surface area (Å²) >= 11 is 11.4. The topological polar surface area (TPSA) is 17.8 Å². The van der Waals surface area contributed by atoms with Gasteiger partial charge in [0.1, 0.15) is 10.8 Å². The normalized spacial score (nSPS) is 12.2. The van der Waals surface area contributed by atoms with E-state index >= 15 is 0 Å². The second kappa shape index (κ2) is 5.81. The van der Waals surface area contributed by atoms with E-state index in [4.69, 9.17) is 23.2 Å². The molecule has 114 valence electrons. The van der Waals surface area contributed by atoms with Crippen LogP contribution in [0.4, 0.5) is 22.0 Å². The summed E-state index contributed by atoms with van der Waals surface area (Å²) in [6.07, 6.45) is -7.37. The molecule has 0 aliphatic carbocycles. The van der Waals surface area contributed by atoms with E-state index in [1.54, 1.807) is 0 Å². The van der Waals surface area contributed by atoms with Crippen molar-refractivity contribution in [2.45, 2.75) is 18.5 Å². The molecule has 0 fully saturated rings. The Bertz CT molecular complexity index is 634. The molecule has 0 aliphatic rings. The van der Waals surface area contributed by atoms with Crippen LogP contribution >= 0.6 is 23.2 Å². The first-order chi connectivity index (χ1) is 9.75. The van der Waals surface area contributed by atoms with E-state index in [0.29, 0.717) is 0 Å². The molecule has 0 unspecified atom stereocenters. The third-order valence-corrected chi connectivity index (χ3v) is 3.39. The average Bonchev–Trinajstić information content (AvgIpc) is 2.75. The minimum absolute atomic E-state index is 0.0479. The SMILES string of the molecule is FC(F)c1nn(-c2ccc(C(F)(F)F)cc2)c(Cl)c1CCl. The molecule has 1 heterocycles. The predicted molar refractivity (Wildman–Crippen MR) is 68.1 cm³/mol. The first-order valence-corrected chi connectivity index (χ1v) is 6.46. The van der Waals surface area contributed by atoms with Crippen molar-refractivity contribution in [3.05, 3.63) is 46.2 Å². The zero-order valence-corrected chi connectivity index (χ0v) is 11.6. The molecule has 2 rings (SSSR count). The largest absolute Gasteiger partial charge is 0.416 e. The molecule has 1 aromatic heterocycles. The number of hydrogen-bond donors (Lipinski definition) is 0. The maximum Gasteiger partial charge on any atom is 0.416 e. The number of alkyl halides is 6. The number of hydrogen-bond acceptors (Lipinski definition) is 1. The predicted octanol–water partition coefficient (Wildman–Crippen LogP) is 5.22. The van der Waals surface area contributed by atoms with Gasteiger partial charge in [-0.2, -0.15) is 18.3 Å². The highest BCUT2D eigenvalue weighted by atomic mass is 35.5. The van der Waals surface area contributed by atoms with Crippen LogP contribution in [0.2, 0.25) is 5.15 Å². The van der Waals surface area contributed by atoms with Gasteiger partial charge in [0.2, 0.25) is 0 Å². The lowest BCUT2D eigenvalue weighted by Gasteiger charge is -2.08. The van der Waals surface area contributed by atoms with Crippen molar-refractivity contribution in [2.24, 2.45) is 0 Å². The Morgan fingerprint density at radius 2 is 1.71 bits per heavy atom. The standard InChI is InChI=1S/C12H7Cl2F5N2/c13-5-8-9(11(15)16)20-21(10(8)14)7-3-1-6(2-4-7)12(17,18)19/h1-4,11H,5H2. The van der Waals surface area contributed by atoms with E-state index < -0.39 is 23.9 Å². The first-order valence-electron chi connectivity index (χ1n) is 5.54. The van der Waals surface area contributed by atoms with E-state index in [1.807, 2.05) is 0 Å². The van der Waals surface area contributed by atoms with Gasteiger partial charge >= 0.3 is 6.18 Å². The molecule has 0 amide bonds. The van der Waals surface area contributed by atoms with Gasteiger partial charge in [-0.05, 0) is 24.3 Å². The molecule has 0 radical (unpaired) electrons. The Hall–Kier alpha value is -1.34. The third-order valence-electron chi connectivity index (χ3n) is 2.73. The highest BCUT2D eigenvalue weighted by Gasteiger charge is 2.30. The number of rotatable bonds is 3. The lowest BCUT2D eigenvalue weighted by atomic mass is 10.2. The van der Waals surface area contributed by atoms with Crippen molar-refractivity contribution >= 4 is 23.2 Å². The highest BCUT2D eigenvalue weighted by Crippen LogP contribution is 2.33. The van der Waals surface area contributed by atoms with Gasteiger partial charge in [0.05, 0.1) is 17.1 Å². The summed E-state index contributed by atoms with van der Waals surface area (Å²) in [5, 5.41) is 3.46. The third kappa shape index (κ3) is 3.13. The molecule has 0 N–H and O–H groups in total. The van der Waals surface area contributed by atoms with Crippen LogP contribution in [0.1, 0.15) is 23.2 Å². The van der Waals surface area contributed by atoms with Crippen molar-refractivity contribution in [2.75, 3.05) is 0 Å². The number of halogens is 7. The van der Waals surface area contributed by atoms with Crippen molar-refractivity contribution in [1.82, 2.24) is 9.78 Å². The van der Waals surface area contributed by atoms with Crippen LogP contribution in [0.3, 0.4) is 0 Å². The molecule has 1 aromatic carbocycles. The molecule has 0 atom stereocenters. The van der Waals surface area contributed by atoms with Crippen LogP contribution in [0.15, 0.2) is 24.3 Å². The van der Waals surface area contributed by atoms with E-state index in [9.17, 15) is 22.0 Å². The van der Waals surface area contributed by atoms with E-state index in [-0.39, 0.29) is 22.3 Å². The van der Waals surface area contributed by atoms with Gasteiger partial charge in [-0.1, -0.05) is 11.6 Å². The zero-order valence-electron chi connectivity index (χ0n) is 10.1. The molecule has 0 saturated carbocycles. The van der Waals surface area contributed by atoms with Gasteiger partial charge in [-0.15, -0.1) is 11.6 Å². The molecule has 2 nitrogen and oxygen atoms in total. The van der Waals surface area contributed by atoms with Crippen LogP contribution in [-0.4, -0.2) is 9.78 Å². The van der Waals surface area contributed by atoms with Gasteiger partial charge < -0.3 is 0 Å². The minimum atomic E-state index is -4.48. The Morgan fingerprint density at radius 1 is 1.14 bits per heavy atom. The van der Waals surface area contributed by atoms with Crippen LogP contribution < -0.4 is 0 Å². The molecule has 2 aromatic rings. The van der Waals surface area contributed by atoms with Crippen LogP contribution in [0, 0.1) is 0 Å². The van der Waals surface area contributed by atoms with Gasteiger partial charge in [0.25, 0.3) is 6.43 Å². The zero-order chi connectivity index (χ0) is 15.8. The summed E-state index contributed by atoms with van der Waals surface area (Å²) in [6, 6.07) is 3.81. The first kappa shape index (κ1) is 16.0. The van der Waals surface area contributed by atoms with Crippen LogP contribution in [0.5, 0.6) is 0 Å². The monoisotopic (exact) mass is 344 g/mol. The van der Waals surface area contributed by atoms with Gasteiger partial charge in [-0.25, -0.2) is 13.5 Å². The fraction of sp³-hybridized carbons (Fsp3) is 0.250. The Kier molecular flexibility index (Phi) is 4.43. The Morgan fingerprint density at radius 3 is 2.10 bits per heavy atom. The molecule has 21 heavy (non-hydrogen) atoms. The number of nitrogens with zero attached hydrogens (tertiary/aromatic N) is 2. The van der Waals surface area contributed by atoms with E-state index in [0.717, 1.165) is 28.9 Å². The number of aromatic nitrogens is 2. The second-order valence-corrected chi connectivity index (χ2v) is 4.67. The molecule has 0 aliphatic heterocycles. The maximum atomic E-state index is 12.8. The molecule has 0 bridgehead atoms. The molecule has 0 spiro atoms. The van der Waals surface area contributed by atoms with Crippen molar-refractivity contribution in [3.63, 3.8) is 0 Å². The van der Waals surface area contributed by atoms with Crippen molar-refractivity contribution in [3.8, 4) is 5.69 Å². The summed E-state index contributed by atoms with van der Waals surface area (Å²) in [7, 11) is 0. The average molecular weight is 345 g/mol. The van der Waals surface area contributed by atoms with E-state index in [2.05, 4.69) is 5.10 Å². The summed E-state index contributed by atoms with van der Waals surface area (Å²) in [5.74, 6) is -0.279. The Balaban J connectivity index is 2.47. The lowest BCUT2D eigenvalue weighted by Crippen LogP contribution is -2.05. The van der Waals surface area contributed by atoms with Crippen LogP contribution in [-0.2, 0) is 12.1 Å². The number of benzene rings is 1.